The Balaban J connectivity index is 1.38. The molecule has 0 spiro atoms. The lowest BCUT2D eigenvalue weighted by Crippen LogP contribution is -2.60. The Morgan fingerprint density at radius 2 is 0.887 bits per heavy atom. The van der Waals surface area contributed by atoms with Crippen molar-refractivity contribution in [2.75, 3.05) is 13.2 Å². The van der Waals surface area contributed by atoms with Gasteiger partial charge in [-0.05, 0) is 58.7 Å². The van der Waals surface area contributed by atoms with E-state index < -0.39 is 144 Å². The van der Waals surface area contributed by atoms with Gasteiger partial charge in [0.05, 0.1) is 46.6 Å². The molecule has 0 aromatic heterocycles. The third-order valence-corrected chi connectivity index (χ3v) is 11.7. The predicted octanol–water partition coefficient (Wildman–Crippen LogP) is -1.10. The van der Waals surface area contributed by atoms with Crippen LogP contribution in [0.25, 0.3) is 0 Å². The lowest BCUT2D eigenvalue weighted by Gasteiger charge is -2.41. The Bertz CT molecular complexity index is 2330. The van der Waals surface area contributed by atoms with E-state index in [1.807, 2.05) is 0 Å². The predicted molar refractivity (Wildman–Crippen MR) is 202 cm³/mol. The minimum atomic E-state index is -1.94. The highest BCUT2D eigenvalue weighted by Crippen LogP contribution is 2.56. The second kappa shape index (κ2) is 16.0. The van der Waals surface area contributed by atoms with Crippen molar-refractivity contribution in [3.8, 4) is 23.0 Å². The van der Waals surface area contributed by atoms with E-state index in [9.17, 15) is 80.5 Å². The Kier molecular flexibility index (Phi) is 11.0. The number of aromatic carboxylic acids is 2. The number of aliphatic hydroxyl groups excluding tert-OH is 8. The summed E-state index contributed by atoms with van der Waals surface area (Å²) in [6.45, 7) is -1.64. The van der Waals surface area contributed by atoms with Gasteiger partial charge in [-0.1, -0.05) is 24.3 Å². The fourth-order valence-corrected chi connectivity index (χ4v) is 8.71. The first-order chi connectivity index (χ1) is 29.5. The quantitative estimate of drug-likeness (QED) is 0.0950. The summed E-state index contributed by atoms with van der Waals surface area (Å²) in [5.41, 5.74) is -2.87. The minimum absolute atomic E-state index is 0.00301. The van der Waals surface area contributed by atoms with Crippen LogP contribution in [-0.2, 0) is 9.47 Å². The maximum atomic E-state index is 14.7. The summed E-state index contributed by atoms with van der Waals surface area (Å²) >= 11 is 0. The summed E-state index contributed by atoms with van der Waals surface area (Å²) in [5.74, 6) is -10.1. The summed E-state index contributed by atoms with van der Waals surface area (Å²) < 4.78 is 23.0. The van der Waals surface area contributed by atoms with Crippen LogP contribution in [0.5, 0.6) is 23.0 Å². The van der Waals surface area contributed by atoms with Crippen molar-refractivity contribution in [3.63, 3.8) is 0 Å². The molecule has 2 saturated heterocycles. The smallest absolute Gasteiger partial charge is 0.335 e. The highest BCUT2D eigenvalue weighted by atomic mass is 16.7. The molecule has 20 nitrogen and oxygen atoms in total. The molecule has 2 aliphatic carbocycles. The summed E-state index contributed by atoms with van der Waals surface area (Å²) in [7, 11) is 0. The van der Waals surface area contributed by atoms with Crippen molar-refractivity contribution in [1.29, 1.82) is 0 Å². The molecule has 2 aliphatic heterocycles. The van der Waals surface area contributed by atoms with Crippen LogP contribution < -0.4 is 9.47 Å². The lowest BCUT2D eigenvalue weighted by molar-refractivity contribution is -0.277. The number of carbonyl (C=O) groups excluding carboxylic acids is 2. The number of rotatable bonds is 9. The van der Waals surface area contributed by atoms with Gasteiger partial charge >= 0.3 is 11.9 Å². The van der Waals surface area contributed by atoms with Crippen molar-refractivity contribution < 1.29 is 99.4 Å². The number of phenols is 2. The van der Waals surface area contributed by atoms with Crippen LogP contribution in [0.4, 0.5) is 0 Å². The Morgan fingerprint density at radius 1 is 0.516 bits per heavy atom. The molecule has 0 bridgehead atoms. The van der Waals surface area contributed by atoms with Crippen LogP contribution in [0.1, 0.15) is 86.6 Å². The molecule has 20 heteroatoms. The number of phenolic OH excluding ortho intramolecular Hbond substituents is 2. The van der Waals surface area contributed by atoms with Crippen molar-refractivity contribution in [2.24, 2.45) is 0 Å². The maximum absolute atomic E-state index is 14.7. The van der Waals surface area contributed by atoms with E-state index in [0.717, 1.165) is 24.3 Å². The molecular weight excluding hydrogens is 824 g/mol. The SMILES string of the molecule is O=C(O)c1cc(O)c2c(c1)[C@@H]([C@@H]1c3cc(C(=O)O)cc(O)c3C(=O)c3c(O[C@H]4O[C@H](CO)[C@@H](O)[C@H](O)[C@H]4O)cccc31)c1cccc(O[C@H]3O[C@H](CO)[C@@H](O)[C@H](O)[C@H]3O)c1C2=O. The van der Waals surface area contributed by atoms with E-state index in [1.165, 1.54) is 36.4 Å². The summed E-state index contributed by atoms with van der Waals surface area (Å²) in [4.78, 5) is 54.2. The molecule has 2 fully saturated rings. The number of benzene rings is 4. The van der Waals surface area contributed by atoms with E-state index in [1.54, 1.807) is 0 Å². The van der Waals surface area contributed by atoms with Gasteiger partial charge in [-0.25, -0.2) is 9.59 Å². The largest absolute Gasteiger partial charge is 0.507 e. The zero-order chi connectivity index (χ0) is 44.6. The normalized spacial score (nSPS) is 30.1. The number of hydrogen-bond donors (Lipinski definition) is 12. The van der Waals surface area contributed by atoms with Crippen LogP contribution in [0.3, 0.4) is 0 Å². The molecule has 12 N–H and O–H groups in total. The number of aromatic hydroxyl groups is 2. The number of ether oxygens (including phenoxy) is 4. The standard InChI is InChI=1S/C42H38O20/c43-11-23-31(47)35(51)37(53)41(61-23)59-21-5-1-3-15-25(17-7-13(39(55)56)9-19(45)27(17)33(49)29(15)21)26-16-4-2-6-22(60-42-38(54)36(52)32(48)24(12-44)62-42)30(16)34(50)28-18(26)8-14(40(57)58)10-20(28)46/h1-10,23-26,31-32,35-38,41-48,51-54H,11-12H2,(H,55,56)(H,57,58)/t23-,24-,25+,26+,31-,32-,35+,36+,37-,38-,41+,42+/m1/s1. The highest BCUT2D eigenvalue weighted by molar-refractivity contribution is 6.18. The van der Waals surface area contributed by atoms with Gasteiger partial charge in [-0.2, -0.15) is 0 Å². The summed E-state index contributed by atoms with van der Waals surface area (Å²) in [6, 6.07) is 11.9. The van der Waals surface area contributed by atoms with Crippen molar-refractivity contribution >= 4 is 23.5 Å². The fraction of sp³-hybridized carbons (Fsp3) is 0.333. The third kappa shape index (κ3) is 6.73. The molecule has 4 aliphatic rings. The number of ketones is 2. The van der Waals surface area contributed by atoms with Gasteiger partial charge in [0.25, 0.3) is 0 Å². The van der Waals surface area contributed by atoms with Gasteiger partial charge in [-0.15, -0.1) is 0 Å². The average molecular weight is 863 g/mol. The molecule has 0 unspecified atom stereocenters. The van der Waals surface area contributed by atoms with Gasteiger partial charge in [0, 0.05) is 11.8 Å². The molecule has 12 atom stereocenters. The highest BCUT2D eigenvalue weighted by Gasteiger charge is 2.50. The molecule has 4 aromatic carbocycles. The van der Waals surface area contributed by atoms with Crippen molar-refractivity contribution in [3.05, 3.63) is 116 Å². The topological polar surface area (TPSA) is 348 Å². The third-order valence-electron chi connectivity index (χ3n) is 11.7. The Hall–Kier alpha value is -6.04. The Morgan fingerprint density at radius 3 is 1.23 bits per heavy atom. The van der Waals surface area contributed by atoms with E-state index in [0.29, 0.717) is 0 Å². The van der Waals surface area contributed by atoms with Crippen molar-refractivity contribution in [2.45, 2.75) is 73.2 Å². The molecular formula is C42H38O20. The molecule has 0 amide bonds. The lowest BCUT2D eigenvalue weighted by atomic mass is 9.63. The van der Waals surface area contributed by atoms with Crippen LogP contribution in [0.2, 0.25) is 0 Å². The number of hydrogen-bond acceptors (Lipinski definition) is 18. The van der Waals surface area contributed by atoms with Gasteiger partial charge in [-0.3, -0.25) is 9.59 Å². The summed E-state index contributed by atoms with van der Waals surface area (Å²) in [6.07, 6.45) is -17.7. The fourth-order valence-electron chi connectivity index (χ4n) is 8.71. The molecule has 8 rings (SSSR count). The average Bonchev–Trinajstić information content (AvgIpc) is 3.24. The maximum Gasteiger partial charge on any atom is 0.335 e. The second-order valence-corrected chi connectivity index (χ2v) is 15.2. The number of fused-ring (bicyclic) bond motifs is 4. The Labute approximate surface area is 348 Å². The van der Waals surface area contributed by atoms with Crippen molar-refractivity contribution in [1.82, 2.24) is 0 Å². The summed E-state index contributed by atoms with van der Waals surface area (Å²) in [5, 5.41) is 126. The molecule has 4 aromatic rings. The minimum Gasteiger partial charge on any atom is -0.507 e. The van der Waals surface area contributed by atoms with Gasteiger partial charge in [0.2, 0.25) is 24.1 Å². The zero-order valence-corrected chi connectivity index (χ0v) is 31.7. The number of carbonyl (C=O) groups is 4. The van der Waals surface area contributed by atoms with Gasteiger partial charge in [0.15, 0.2) is 0 Å². The van der Waals surface area contributed by atoms with Crippen LogP contribution in [0, 0.1) is 0 Å². The molecule has 326 valence electrons. The van der Waals surface area contributed by atoms with E-state index in [4.69, 9.17) is 18.9 Å². The van der Waals surface area contributed by atoms with Crippen LogP contribution in [0.15, 0.2) is 60.7 Å². The molecule has 0 radical (unpaired) electrons. The van der Waals surface area contributed by atoms with E-state index in [-0.39, 0.29) is 44.9 Å². The molecule has 2 heterocycles. The van der Waals surface area contributed by atoms with Crippen LogP contribution in [-0.4, -0.2) is 159 Å². The number of aliphatic hydroxyl groups is 8. The first-order valence-electron chi connectivity index (χ1n) is 19.0. The second-order valence-electron chi connectivity index (χ2n) is 15.2. The monoisotopic (exact) mass is 862 g/mol. The molecule has 62 heavy (non-hydrogen) atoms. The first kappa shape index (κ1) is 42.6. The molecule has 0 saturated carbocycles. The van der Waals surface area contributed by atoms with Gasteiger partial charge < -0.3 is 80.2 Å². The van der Waals surface area contributed by atoms with Gasteiger partial charge in [0.1, 0.15) is 71.8 Å². The van der Waals surface area contributed by atoms with Crippen LogP contribution >= 0.6 is 0 Å². The number of carboxylic acid groups (broad SMARTS) is 2. The zero-order valence-electron chi connectivity index (χ0n) is 31.7. The van der Waals surface area contributed by atoms with E-state index in [2.05, 4.69) is 0 Å². The number of carboxylic acids is 2. The first-order valence-corrected chi connectivity index (χ1v) is 19.0. The van der Waals surface area contributed by atoms with E-state index >= 15 is 0 Å².